The molecule has 0 rings (SSSR count). The summed E-state index contributed by atoms with van der Waals surface area (Å²) in [5.41, 5.74) is 4.81. The Hall–Kier alpha value is 0.640. The van der Waals surface area contributed by atoms with Gasteiger partial charge in [0.25, 0.3) is 0 Å². The number of carbonyl (C=O) groups excluding carboxylic acids is 1. The monoisotopic (exact) mass is 236 g/mol. The first kappa shape index (κ1) is 16.1. The van der Waals surface area contributed by atoms with Gasteiger partial charge in [-0.2, -0.15) is 0 Å². The summed E-state index contributed by atoms with van der Waals surface area (Å²) < 4.78 is 19.3. The van der Waals surface area contributed by atoms with E-state index in [2.05, 4.69) is 5.32 Å². The molecule has 2 unspecified atom stereocenters. The number of nitrogens with one attached hydrogen (secondary N) is 1. The zero-order chi connectivity index (χ0) is 9.56. The number of rotatable bonds is 5. The number of hydrogen-bond donors (Lipinski definition) is 3. The number of carbonyl (C=O) groups is 1. The van der Waals surface area contributed by atoms with Crippen LogP contribution in [0.2, 0.25) is 0 Å². The van der Waals surface area contributed by atoms with Gasteiger partial charge in [-0.25, -0.2) is 9.00 Å². The van der Waals surface area contributed by atoms with Crippen molar-refractivity contribution in [3.63, 3.8) is 0 Å². The molecule has 2 atom stereocenters. The SMILES string of the molecule is CCCCC(NC(N)=O)S(=O)O.[CaH2]. The summed E-state index contributed by atoms with van der Waals surface area (Å²) in [6.07, 6.45) is 2.17. The van der Waals surface area contributed by atoms with Gasteiger partial charge in [-0.3, -0.25) is 0 Å². The van der Waals surface area contributed by atoms with E-state index in [0.29, 0.717) is 6.42 Å². The fraction of sp³-hybridized carbons (Fsp3) is 0.833. The van der Waals surface area contributed by atoms with E-state index in [1.807, 2.05) is 6.92 Å². The molecule has 0 aromatic carbocycles. The molecule has 0 aliphatic heterocycles. The molecule has 0 bridgehead atoms. The molecule has 0 saturated carbocycles. The van der Waals surface area contributed by atoms with Crippen LogP contribution in [0.5, 0.6) is 0 Å². The normalized spacial score (nSPS) is 14.0. The summed E-state index contributed by atoms with van der Waals surface area (Å²) in [6, 6.07) is -0.765. The third-order valence-electron chi connectivity index (χ3n) is 1.37. The zero-order valence-corrected chi connectivity index (χ0v) is 7.76. The quantitative estimate of drug-likeness (QED) is 0.443. The molecule has 5 nitrogen and oxygen atoms in total. The van der Waals surface area contributed by atoms with E-state index in [9.17, 15) is 9.00 Å². The topological polar surface area (TPSA) is 92.4 Å². The fourth-order valence-electron chi connectivity index (χ4n) is 0.772. The van der Waals surface area contributed by atoms with Gasteiger partial charge in [0.05, 0.1) is 0 Å². The van der Waals surface area contributed by atoms with Crippen LogP contribution in [0.1, 0.15) is 26.2 Å². The van der Waals surface area contributed by atoms with Gasteiger partial charge in [0.2, 0.25) is 0 Å². The Bertz CT molecular complexity index is 179. The minimum absolute atomic E-state index is 0. The molecule has 0 fully saturated rings. The Morgan fingerprint density at radius 3 is 2.54 bits per heavy atom. The van der Waals surface area contributed by atoms with E-state index in [1.165, 1.54) is 0 Å². The van der Waals surface area contributed by atoms with Gasteiger partial charge in [0.1, 0.15) is 5.37 Å². The first-order chi connectivity index (χ1) is 5.57. The van der Waals surface area contributed by atoms with Crippen molar-refractivity contribution in [1.82, 2.24) is 5.32 Å². The van der Waals surface area contributed by atoms with Crippen LogP contribution in [0.3, 0.4) is 0 Å². The van der Waals surface area contributed by atoms with Gasteiger partial charge in [-0.15, -0.1) is 0 Å². The molecule has 0 aromatic rings. The second kappa shape index (κ2) is 9.20. The Kier molecular flexibility index (Phi) is 11.4. The van der Waals surface area contributed by atoms with E-state index in [0.717, 1.165) is 12.8 Å². The first-order valence-electron chi connectivity index (χ1n) is 3.73. The average Bonchev–Trinajstić information content (AvgIpc) is 1.96. The van der Waals surface area contributed by atoms with E-state index >= 15 is 0 Å². The summed E-state index contributed by atoms with van der Waals surface area (Å²) in [7, 11) is 0. The molecule has 76 valence electrons. The van der Waals surface area contributed by atoms with E-state index in [1.54, 1.807) is 0 Å². The molecule has 7 heteroatoms. The fourth-order valence-corrected chi connectivity index (χ4v) is 1.36. The summed E-state index contributed by atoms with van der Waals surface area (Å²) in [6.45, 7) is 1.96. The second-order valence-electron chi connectivity index (χ2n) is 2.42. The second-order valence-corrected chi connectivity index (χ2v) is 3.54. The summed E-state index contributed by atoms with van der Waals surface area (Å²) in [4.78, 5) is 10.3. The third-order valence-corrected chi connectivity index (χ3v) is 2.21. The van der Waals surface area contributed by atoms with Crippen LogP contribution in [0.4, 0.5) is 4.79 Å². The third kappa shape index (κ3) is 8.96. The van der Waals surface area contributed by atoms with Crippen LogP contribution in [-0.4, -0.2) is 57.9 Å². The van der Waals surface area contributed by atoms with Gasteiger partial charge in [-0.05, 0) is 6.42 Å². The van der Waals surface area contributed by atoms with Crippen LogP contribution in [0.15, 0.2) is 0 Å². The predicted octanol–water partition coefficient (Wildman–Crippen LogP) is -0.523. The van der Waals surface area contributed by atoms with Gasteiger partial charge in [-0.1, -0.05) is 19.8 Å². The van der Waals surface area contributed by atoms with Crippen molar-refractivity contribution in [2.24, 2.45) is 5.73 Å². The molecule has 0 aliphatic rings. The van der Waals surface area contributed by atoms with Crippen LogP contribution < -0.4 is 11.1 Å². The van der Waals surface area contributed by atoms with Crippen molar-refractivity contribution in [1.29, 1.82) is 0 Å². The molecular formula is C6H16CaN2O3S. The van der Waals surface area contributed by atoms with E-state index in [-0.39, 0.29) is 37.7 Å². The Morgan fingerprint density at radius 2 is 2.23 bits per heavy atom. The number of amides is 2. The molecule has 0 aliphatic carbocycles. The van der Waals surface area contributed by atoms with Crippen molar-refractivity contribution in [3.05, 3.63) is 0 Å². The molecular weight excluding hydrogens is 220 g/mol. The zero-order valence-electron chi connectivity index (χ0n) is 6.95. The van der Waals surface area contributed by atoms with Gasteiger partial charge in [0, 0.05) is 0 Å². The molecule has 2 amide bonds. The van der Waals surface area contributed by atoms with Gasteiger partial charge in [0.15, 0.2) is 11.1 Å². The molecule has 0 saturated heterocycles. The number of hydrogen-bond acceptors (Lipinski definition) is 2. The summed E-state index contributed by atoms with van der Waals surface area (Å²) in [5, 5.41) is 1.47. The minimum atomic E-state index is -2.04. The summed E-state index contributed by atoms with van der Waals surface area (Å²) >= 11 is -2.04. The van der Waals surface area contributed by atoms with Crippen molar-refractivity contribution in [2.45, 2.75) is 31.6 Å². The van der Waals surface area contributed by atoms with E-state index < -0.39 is 22.5 Å². The molecule has 0 aromatic heterocycles. The maximum atomic E-state index is 10.6. The van der Waals surface area contributed by atoms with Crippen LogP contribution in [-0.2, 0) is 11.1 Å². The van der Waals surface area contributed by atoms with E-state index in [4.69, 9.17) is 10.3 Å². The number of primary amides is 1. The average molecular weight is 236 g/mol. The Balaban J connectivity index is 0. The van der Waals surface area contributed by atoms with Crippen molar-refractivity contribution in [3.8, 4) is 0 Å². The molecule has 0 heterocycles. The predicted molar refractivity (Wildman–Crippen MR) is 55.3 cm³/mol. The van der Waals surface area contributed by atoms with Crippen molar-refractivity contribution < 1.29 is 13.6 Å². The summed E-state index contributed by atoms with van der Waals surface area (Å²) in [5.74, 6) is 0. The van der Waals surface area contributed by atoms with Crippen LogP contribution in [0.25, 0.3) is 0 Å². The number of unbranched alkanes of at least 4 members (excludes halogenated alkanes) is 1. The number of nitrogens with two attached hydrogens (primary N) is 1. The van der Waals surface area contributed by atoms with Crippen LogP contribution in [0, 0.1) is 0 Å². The standard InChI is InChI=1S/C6H14N2O3S.Ca.2H/c1-2-3-4-5(12(10)11)8-6(7)9;;;/h5H,2-4H2,1H3,(H,10,11)(H3,7,8,9);;;. The van der Waals surface area contributed by atoms with Gasteiger partial charge >= 0.3 is 43.8 Å². The molecule has 0 spiro atoms. The van der Waals surface area contributed by atoms with Crippen molar-refractivity contribution in [2.75, 3.05) is 0 Å². The molecule has 13 heavy (non-hydrogen) atoms. The number of urea groups is 1. The van der Waals surface area contributed by atoms with Gasteiger partial charge < -0.3 is 15.6 Å². The Labute approximate surface area is 110 Å². The molecule has 4 N–H and O–H groups in total. The molecule has 0 radical (unpaired) electrons. The Morgan fingerprint density at radius 1 is 1.69 bits per heavy atom. The van der Waals surface area contributed by atoms with Crippen molar-refractivity contribution >= 4 is 54.8 Å². The maximum absolute atomic E-state index is 10.6. The van der Waals surface area contributed by atoms with Crippen LogP contribution >= 0.6 is 0 Å². The first-order valence-corrected chi connectivity index (χ1v) is 4.90.